The summed E-state index contributed by atoms with van der Waals surface area (Å²) in [6.45, 7) is 7.50. The molecule has 0 saturated carbocycles. The molecular formula is C33H31N5O2. The molecule has 1 N–H and O–H groups in total. The molecule has 0 spiro atoms. The van der Waals surface area contributed by atoms with Gasteiger partial charge in [-0.15, -0.1) is 0 Å². The zero-order valence-electron chi connectivity index (χ0n) is 22.7. The number of aromatic nitrogens is 2. The Balaban J connectivity index is 1.18. The average molecular weight is 530 g/mol. The molecule has 0 bridgehead atoms. The van der Waals surface area contributed by atoms with Crippen LogP contribution in [0.1, 0.15) is 21.7 Å². The molecular weight excluding hydrogens is 498 g/mol. The third-order valence-electron chi connectivity index (χ3n) is 7.49. The van der Waals surface area contributed by atoms with Gasteiger partial charge in [-0.05, 0) is 73.5 Å². The molecule has 3 aromatic heterocycles. The second-order valence-electron chi connectivity index (χ2n) is 10.2. The molecule has 2 aromatic carbocycles. The summed E-state index contributed by atoms with van der Waals surface area (Å²) in [5.41, 5.74) is 6.50. The van der Waals surface area contributed by atoms with E-state index < -0.39 is 11.7 Å². The predicted octanol–water partition coefficient (Wildman–Crippen LogP) is 5.77. The third kappa shape index (κ3) is 4.94. The van der Waals surface area contributed by atoms with Crippen molar-refractivity contribution in [1.82, 2.24) is 9.38 Å². The van der Waals surface area contributed by atoms with Crippen LogP contribution in [-0.4, -0.2) is 47.3 Å². The summed E-state index contributed by atoms with van der Waals surface area (Å²) in [5, 5.41) is 2.87. The molecule has 1 amide bonds. The number of Topliss-reactive ketones (excluding diaryl/α,β-unsaturated/α-hetero) is 1. The van der Waals surface area contributed by atoms with Gasteiger partial charge in [0.1, 0.15) is 11.5 Å². The lowest BCUT2D eigenvalue weighted by Gasteiger charge is -2.37. The van der Waals surface area contributed by atoms with Crippen molar-refractivity contribution in [3.63, 3.8) is 0 Å². The molecule has 7 heteroatoms. The molecule has 0 aliphatic carbocycles. The Morgan fingerprint density at radius 1 is 0.775 bits per heavy atom. The minimum Gasteiger partial charge on any atom is -0.368 e. The minimum atomic E-state index is -0.656. The van der Waals surface area contributed by atoms with Crippen LogP contribution < -0.4 is 15.1 Å². The van der Waals surface area contributed by atoms with Gasteiger partial charge in [0.25, 0.3) is 11.7 Å². The highest BCUT2D eigenvalue weighted by atomic mass is 16.2. The Kier molecular flexibility index (Phi) is 6.78. The molecule has 1 aliphatic rings. The summed E-state index contributed by atoms with van der Waals surface area (Å²) in [4.78, 5) is 36.1. The van der Waals surface area contributed by atoms with Crippen LogP contribution in [0.25, 0.3) is 16.6 Å². The van der Waals surface area contributed by atoms with Gasteiger partial charge in [0.2, 0.25) is 0 Å². The Morgan fingerprint density at radius 3 is 2.27 bits per heavy atom. The number of aryl methyl sites for hydroxylation is 2. The van der Waals surface area contributed by atoms with E-state index in [9.17, 15) is 9.59 Å². The van der Waals surface area contributed by atoms with E-state index in [1.807, 2.05) is 98.9 Å². The normalized spacial score (nSPS) is 13.4. The van der Waals surface area contributed by atoms with Gasteiger partial charge in [-0.1, -0.05) is 42.5 Å². The molecule has 5 aromatic rings. The monoisotopic (exact) mass is 529 g/mol. The van der Waals surface area contributed by atoms with Crippen LogP contribution in [0.3, 0.4) is 0 Å². The van der Waals surface area contributed by atoms with Gasteiger partial charge in [0.15, 0.2) is 0 Å². The summed E-state index contributed by atoms with van der Waals surface area (Å²) in [7, 11) is 0. The average Bonchev–Trinajstić information content (AvgIpc) is 3.38. The van der Waals surface area contributed by atoms with Crippen LogP contribution in [0.15, 0.2) is 97.2 Å². The fraction of sp³-hybridized carbons (Fsp3) is 0.182. The van der Waals surface area contributed by atoms with Gasteiger partial charge in [0, 0.05) is 60.5 Å². The van der Waals surface area contributed by atoms with Crippen molar-refractivity contribution in [1.29, 1.82) is 0 Å². The number of anilines is 3. The van der Waals surface area contributed by atoms with Crippen molar-refractivity contribution in [2.75, 3.05) is 41.3 Å². The maximum absolute atomic E-state index is 13.6. The molecule has 0 unspecified atom stereocenters. The quantitative estimate of drug-likeness (QED) is 0.224. The number of nitrogens with zero attached hydrogens (tertiary/aromatic N) is 4. The number of nitrogens with one attached hydrogen (secondary N) is 1. The van der Waals surface area contributed by atoms with E-state index in [-0.39, 0.29) is 0 Å². The van der Waals surface area contributed by atoms with Gasteiger partial charge in [-0.3, -0.25) is 9.59 Å². The Hall–Kier alpha value is -4.91. The molecule has 1 saturated heterocycles. The van der Waals surface area contributed by atoms with E-state index >= 15 is 0 Å². The summed E-state index contributed by atoms with van der Waals surface area (Å²) in [6, 6.07) is 29.4. The lowest BCUT2D eigenvalue weighted by Crippen LogP contribution is -2.46. The van der Waals surface area contributed by atoms with Crippen molar-refractivity contribution in [2.45, 2.75) is 13.8 Å². The fourth-order valence-corrected chi connectivity index (χ4v) is 5.36. The van der Waals surface area contributed by atoms with Crippen molar-refractivity contribution in [2.24, 2.45) is 0 Å². The highest BCUT2D eigenvalue weighted by Crippen LogP contribution is 2.29. The molecule has 1 fully saturated rings. The topological polar surface area (TPSA) is 70.0 Å². The number of ketones is 1. The van der Waals surface area contributed by atoms with Crippen molar-refractivity contribution < 1.29 is 9.59 Å². The SMILES string of the molecule is Cc1cccc(N2CCN(c3ccc(NC(=O)C(=O)c4c(-c5ccccc5)cc5ccccn45)c(C)c3)CC2)n1. The van der Waals surface area contributed by atoms with E-state index in [1.165, 1.54) is 0 Å². The summed E-state index contributed by atoms with van der Waals surface area (Å²) in [6.07, 6.45) is 1.82. The molecule has 40 heavy (non-hydrogen) atoms. The maximum Gasteiger partial charge on any atom is 0.298 e. The van der Waals surface area contributed by atoms with Gasteiger partial charge >= 0.3 is 0 Å². The number of hydrogen-bond donors (Lipinski definition) is 1. The first-order valence-electron chi connectivity index (χ1n) is 13.5. The second kappa shape index (κ2) is 10.7. The van der Waals surface area contributed by atoms with E-state index in [4.69, 9.17) is 0 Å². The zero-order chi connectivity index (χ0) is 27.6. The Bertz CT molecular complexity index is 1700. The number of carbonyl (C=O) groups is 2. The Labute approximate surface area is 233 Å². The second-order valence-corrected chi connectivity index (χ2v) is 10.2. The van der Waals surface area contributed by atoms with Gasteiger partial charge in [-0.25, -0.2) is 4.98 Å². The summed E-state index contributed by atoms with van der Waals surface area (Å²) in [5.74, 6) is -0.213. The highest BCUT2D eigenvalue weighted by molar-refractivity contribution is 6.47. The number of carbonyl (C=O) groups excluding carboxylic acids is 2. The fourth-order valence-electron chi connectivity index (χ4n) is 5.36. The molecule has 4 heterocycles. The first-order chi connectivity index (χ1) is 19.5. The number of hydrogen-bond acceptors (Lipinski definition) is 5. The van der Waals surface area contributed by atoms with E-state index in [0.29, 0.717) is 11.4 Å². The minimum absolute atomic E-state index is 0.356. The summed E-state index contributed by atoms with van der Waals surface area (Å²) >= 11 is 0. The van der Waals surface area contributed by atoms with Crippen LogP contribution in [0.4, 0.5) is 17.2 Å². The van der Waals surface area contributed by atoms with Crippen LogP contribution in [0, 0.1) is 13.8 Å². The lowest BCUT2D eigenvalue weighted by atomic mass is 10.0. The standard InChI is InChI=1S/C33H31N5O2/c1-23-21-26(36-17-19-37(20-18-36)30-13-8-9-24(2)34-30)14-15-29(23)35-33(40)32(39)31-28(25-10-4-3-5-11-25)22-27-12-6-7-16-38(27)31/h3-16,21-22H,17-20H2,1-2H3,(H,35,40). The molecule has 6 rings (SSSR count). The number of amides is 1. The van der Waals surface area contributed by atoms with Crippen LogP contribution in [-0.2, 0) is 4.79 Å². The van der Waals surface area contributed by atoms with Gasteiger partial charge in [-0.2, -0.15) is 0 Å². The number of rotatable bonds is 6. The summed E-state index contributed by atoms with van der Waals surface area (Å²) < 4.78 is 1.78. The largest absolute Gasteiger partial charge is 0.368 e. The Morgan fingerprint density at radius 2 is 1.52 bits per heavy atom. The van der Waals surface area contributed by atoms with Crippen molar-refractivity contribution in [3.05, 3.63) is 114 Å². The zero-order valence-corrected chi connectivity index (χ0v) is 22.7. The molecule has 7 nitrogen and oxygen atoms in total. The predicted molar refractivity (Wildman–Crippen MR) is 160 cm³/mol. The van der Waals surface area contributed by atoms with E-state index in [2.05, 4.69) is 32.2 Å². The van der Waals surface area contributed by atoms with E-state index in [1.54, 1.807) is 4.40 Å². The highest BCUT2D eigenvalue weighted by Gasteiger charge is 2.25. The number of pyridine rings is 2. The number of fused-ring (bicyclic) bond motifs is 1. The van der Waals surface area contributed by atoms with Gasteiger partial charge in [0.05, 0.1) is 0 Å². The van der Waals surface area contributed by atoms with Crippen LogP contribution in [0.5, 0.6) is 0 Å². The van der Waals surface area contributed by atoms with E-state index in [0.717, 1.165) is 65.6 Å². The lowest BCUT2D eigenvalue weighted by molar-refractivity contribution is -0.112. The number of benzene rings is 2. The van der Waals surface area contributed by atoms with Crippen LogP contribution in [0.2, 0.25) is 0 Å². The molecule has 0 atom stereocenters. The molecule has 1 aliphatic heterocycles. The van der Waals surface area contributed by atoms with Crippen molar-refractivity contribution in [3.8, 4) is 11.1 Å². The number of piperazine rings is 1. The molecule has 200 valence electrons. The molecule has 0 radical (unpaired) electrons. The van der Waals surface area contributed by atoms with Crippen LogP contribution >= 0.6 is 0 Å². The van der Waals surface area contributed by atoms with Gasteiger partial charge < -0.3 is 19.5 Å². The smallest absolute Gasteiger partial charge is 0.298 e. The maximum atomic E-state index is 13.6. The first-order valence-corrected chi connectivity index (χ1v) is 13.5. The van der Waals surface area contributed by atoms with Crippen molar-refractivity contribution >= 4 is 34.4 Å². The first kappa shape index (κ1) is 25.4. The third-order valence-corrected chi connectivity index (χ3v) is 7.49.